The maximum atomic E-state index is 12.5. The third-order valence-electron chi connectivity index (χ3n) is 4.62. The van der Waals surface area contributed by atoms with E-state index in [-0.39, 0.29) is 24.6 Å². The predicted molar refractivity (Wildman–Crippen MR) is 111 cm³/mol. The molecule has 0 bridgehead atoms. The van der Waals surface area contributed by atoms with Crippen LogP contribution in [0.2, 0.25) is 0 Å². The van der Waals surface area contributed by atoms with Gasteiger partial charge in [-0.2, -0.15) is 0 Å². The van der Waals surface area contributed by atoms with Crippen LogP contribution in [0, 0.1) is 13.8 Å². The Morgan fingerprint density at radius 1 is 1.13 bits per heavy atom. The minimum absolute atomic E-state index is 0.158. The number of esters is 2. The van der Waals surface area contributed by atoms with Crippen LogP contribution in [0.3, 0.4) is 0 Å². The molecule has 0 saturated carbocycles. The molecule has 158 valence electrons. The number of nitrogens with one attached hydrogen (secondary N) is 2. The number of thioether (sulfide) groups is 1. The highest BCUT2D eigenvalue weighted by atomic mass is 32.2. The smallest absolute Gasteiger partial charge is 0.340 e. The minimum atomic E-state index is -0.651. The van der Waals surface area contributed by atoms with Crippen molar-refractivity contribution >= 4 is 41.1 Å². The fourth-order valence-electron chi connectivity index (χ4n) is 3.19. The molecule has 9 heteroatoms. The van der Waals surface area contributed by atoms with Crippen molar-refractivity contribution in [3.05, 3.63) is 46.8 Å². The van der Waals surface area contributed by atoms with E-state index < -0.39 is 29.6 Å². The number of ether oxygens (including phenoxy) is 2. The van der Waals surface area contributed by atoms with E-state index in [9.17, 15) is 19.2 Å². The van der Waals surface area contributed by atoms with Gasteiger partial charge in [-0.3, -0.25) is 14.4 Å². The lowest BCUT2D eigenvalue weighted by atomic mass is 10.1. The zero-order valence-electron chi connectivity index (χ0n) is 16.9. The van der Waals surface area contributed by atoms with E-state index in [0.717, 1.165) is 4.90 Å². The predicted octanol–water partition coefficient (Wildman–Crippen LogP) is 3.04. The van der Waals surface area contributed by atoms with E-state index in [1.807, 2.05) is 18.2 Å². The van der Waals surface area contributed by atoms with Crippen LogP contribution >= 0.6 is 11.8 Å². The number of aryl methyl sites for hydroxylation is 1. The molecule has 0 aliphatic carbocycles. The number of hydrogen-bond acceptors (Lipinski definition) is 7. The lowest BCUT2D eigenvalue weighted by Gasteiger charge is -2.23. The summed E-state index contributed by atoms with van der Waals surface area (Å²) in [6, 6.07) is 7.32. The van der Waals surface area contributed by atoms with Crippen molar-refractivity contribution in [1.29, 1.82) is 0 Å². The summed E-state index contributed by atoms with van der Waals surface area (Å²) in [5.74, 6) is -1.91. The van der Waals surface area contributed by atoms with Gasteiger partial charge in [0.05, 0.1) is 35.2 Å². The molecule has 0 radical (unpaired) electrons. The van der Waals surface area contributed by atoms with Crippen molar-refractivity contribution in [1.82, 2.24) is 4.98 Å². The number of rotatable bonds is 7. The van der Waals surface area contributed by atoms with Crippen molar-refractivity contribution in [3.8, 4) is 0 Å². The first-order valence-electron chi connectivity index (χ1n) is 9.43. The zero-order valence-corrected chi connectivity index (χ0v) is 17.7. The van der Waals surface area contributed by atoms with Gasteiger partial charge in [0, 0.05) is 10.6 Å². The van der Waals surface area contributed by atoms with Gasteiger partial charge >= 0.3 is 11.9 Å². The van der Waals surface area contributed by atoms with E-state index in [2.05, 4.69) is 10.3 Å². The topological polar surface area (TPSA) is 115 Å². The average Bonchev–Trinajstić information content (AvgIpc) is 3.01. The van der Waals surface area contributed by atoms with Crippen LogP contribution in [0.1, 0.15) is 45.4 Å². The summed E-state index contributed by atoms with van der Waals surface area (Å²) in [6.45, 7) is 4.73. The first-order valence-corrected chi connectivity index (χ1v) is 10.3. The van der Waals surface area contributed by atoms with E-state index in [1.54, 1.807) is 26.8 Å². The molecule has 2 aromatic rings. The molecule has 0 spiro atoms. The van der Waals surface area contributed by atoms with Gasteiger partial charge in [0.2, 0.25) is 11.7 Å². The number of para-hydroxylation sites is 1. The van der Waals surface area contributed by atoms with E-state index in [0.29, 0.717) is 22.5 Å². The summed E-state index contributed by atoms with van der Waals surface area (Å²) in [4.78, 5) is 52.7. The van der Waals surface area contributed by atoms with Crippen LogP contribution in [-0.4, -0.2) is 47.1 Å². The minimum Gasteiger partial charge on any atom is -0.462 e. The van der Waals surface area contributed by atoms with Crippen molar-refractivity contribution < 1.29 is 28.7 Å². The summed E-state index contributed by atoms with van der Waals surface area (Å²) in [6.07, 6.45) is -0.158. The van der Waals surface area contributed by atoms with Gasteiger partial charge in [-0.05, 0) is 38.5 Å². The van der Waals surface area contributed by atoms with Crippen molar-refractivity contribution in [2.75, 3.05) is 18.5 Å². The molecule has 0 saturated heterocycles. The Morgan fingerprint density at radius 3 is 2.60 bits per heavy atom. The number of ketones is 1. The summed E-state index contributed by atoms with van der Waals surface area (Å²) < 4.78 is 10.1. The number of Topliss-reactive ketones (excluding diaryl/α,β-unsaturated/α-hetero) is 1. The lowest BCUT2D eigenvalue weighted by molar-refractivity contribution is -0.143. The summed E-state index contributed by atoms with van der Waals surface area (Å²) in [7, 11) is 0. The Bertz CT molecular complexity index is 1010. The highest BCUT2D eigenvalue weighted by molar-refractivity contribution is 8.01. The number of H-pyrrole nitrogens is 1. The molecule has 0 fully saturated rings. The van der Waals surface area contributed by atoms with Gasteiger partial charge in [-0.15, -0.1) is 11.8 Å². The Kier molecular flexibility index (Phi) is 6.61. The highest BCUT2D eigenvalue weighted by Gasteiger charge is 2.30. The largest absolute Gasteiger partial charge is 0.462 e. The molecule has 1 amide bonds. The Morgan fingerprint density at radius 2 is 1.87 bits per heavy atom. The van der Waals surface area contributed by atoms with Crippen LogP contribution < -0.4 is 5.32 Å². The van der Waals surface area contributed by atoms with Gasteiger partial charge in [0.1, 0.15) is 0 Å². The van der Waals surface area contributed by atoms with E-state index in [1.165, 1.54) is 11.8 Å². The van der Waals surface area contributed by atoms with Gasteiger partial charge in [-0.25, -0.2) is 4.79 Å². The highest BCUT2D eigenvalue weighted by Crippen LogP contribution is 2.36. The van der Waals surface area contributed by atoms with Crippen LogP contribution in [0.15, 0.2) is 29.2 Å². The SMILES string of the molecule is CCOC(=O)c1c(C)[nH]c(C(=O)COC(=O)C[C@@H]2Sc3ccccc3NC2=O)c1C. The molecule has 2 N–H and O–H groups in total. The number of aromatic nitrogens is 1. The van der Waals surface area contributed by atoms with Crippen LogP contribution in [-0.2, 0) is 19.1 Å². The number of anilines is 1. The third-order valence-corrected chi connectivity index (χ3v) is 5.89. The number of aromatic amines is 1. The average molecular weight is 430 g/mol. The number of benzene rings is 1. The van der Waals surface area contributed by atoms with Gasteiger partial charge in [-0.1, -0.05) is 12.1 Å². The van der Waals surface area contributed by atoms with Crippen LogP contribution in [0.4, 0.5) is 5.69 Å². The molecule has 2 heterocycles. The normalized spacial score (nSPS) is 15.2. The molecule has 30 heavy (non-hydrogen) atoms. The van der Waals surface area contributed by atoms with Gasteiger partial charge in [0.15, 0.2) is 6.61 Å². The molecule has 1 aromatic carbocycles. The molecule has 0 unspecified atom stereocenters. The zero-order chi connectivity index (χ0) is 21.8. The molecular formula is C21H22N2O6S. The molecule has 8 nitrogen and oxygen atoms in total. The molecule has 3 rings (SSSR count). The molecule has 1 aliphatic heterocycles. The van der Waals surface area contributed by atoms with Crippen molar-refractivity contribution in [2.45, 2.75) is 37.3 Å². The lowest BCUT2D eigenvalue weighted by Crippen LogP contribution is -2.31. The van der Waals surface area contributed by atoms with Crippen LogP contribution in [0.25, 0.3) is 0 Å². The fourth-order valence-corrected chi connectivity index (χ4v) is 4.29. The van der Waals surface area contributed by atoms with Gasteiger partial charge < -0.3 is 19.8 Å². The molecule has 1 aromatic heterocycles. The van der Waals surface area contributed by atoms with E-state index in [4.69, 9.17) is 9.47 Å². The number of fused-ring (bicyclic) bond motifs is 1. The quantitative estimate of drug-likeness (QED) is 0.512. The Hall–Kier alpha value is -3.07. The summed E-state index contributed by atoms with van der Waals surface area (Å²) in [5.41, 5.74) is 2.17. The Labute approximate surface area is 177 Å². The number of carbonyl (C=O) groups is 4. The summed E-state index contributed by atoms with van der Waals surface area (Å²) in [5, 5.41) is 2.13. The second kappa shape index (κ2) is 9.17. The monoisotopic (exact) mass is 430 g/mol. The molecule has 1 atom stereocenters. The van der Waals surface area contributed by atoms with Gasteiger partial charge in [0.25, 0.3) is 0 Å². The molecular weight excluding hydrogens is 408 g/mol. The number of hydrogen-bond donors (Lipinski definition) is 2. The molecule has 1 aliphatic rings. The maximum Gasteiger partial charge on any atom is 0.340 e. The van der Waals surface area contributed by atoms with Crippen molar-refractivity contribution in [3.63, 3.8) is 0 Å². The standard InChI is InChI=1S/C21H22N2O6S/c1-4-28-21(27)18-11(2)19(22-12(18)3)14(24)10-29-17(25)9-16-20(26)23-13-7-5-6-8-15(13)30-16/h5-8,16,22H,4,9-10H2,1-3H3,(H,23,26)/t16-/m0/s1. The van der Waals surface area contributed by atoms with Crippen molar-refractivity contribution in [2.24, 2.45) is 0 Å². The first-order chi connectivity index (χ1) is 14.3. The Balaban J connectivity index is 1.59. The fraction of sp³-hybridized carbons (Fsp3) is 0.333. The summed E-state index contributed by atoms with van der Waals surface area (Å²) >= 11 is 1.28. The number of amides is 1. The third kappa shape index (κ3) is 4.56. The number of carbonyl (C=O) groups excluding carboxylic acids is 4. The second-order valence-corrected chi connectivity index (χ2v) is 7.97. The van der Waals surface area contributed by atoms with Crippen LogP contribution in [0.5, 0.6) is 0 Å². The maximum absolute atomic E-state index is 12.5. The first kappa shape index (κ1) is 21.6. The second-order valence-electron chi connectivity index (χ2n) is 6.73. The van der Waals surface area contributed by atoms with E-state index >= 15 is 0 Å².